The highest BCUT2D eigenvalue weighted by atomic mass is 32.2. The Kier molecular flexibility index (Phi) is 5.32. The van der Waals surface area contributed by atoms with Gasteiger partial charge in [-0.3, -0.25) is 10.1 Å². The summed E-state index contributed by atoms with van der Waals surface area (Å²) >= 11 is 3.03. The summed E-state index contributed by atoms with van der Waals surface area (Å²) in [6.45, 7) is 3.90. The highest BCUT2D eigenvalue weighted by molar-refractivity contribution is 8.01. The van der Waals surface area contributed by atoms with Gasteiger partial charge in [-0.2, -0.15) is 0 Å². The van der Waals surface area contributed by atoms with Crippen molar-refractivity contribution in [2.45, 2.75) is 24.6 Å². The minimum atomic E-state index is -0.235. The molecule has 124 valence electrons. The maximum Gasteiger partial charge on any atom is 0.261 e. The number of amides is 1. The lowest BCUT2D eigenvalue weighted by molar-refractivity contribution is 0.102. The predicted octanol–water partition coefficient (Wildman–Crippen LogP) is 4.86. The Bertz CT molecular complexity index is 827. The number of anilines is 1. The largest absolute Gasteiger partial charge is 0.461 e. The third-order valence-corrected chi connectivity index (χ3v) is 5.46. The van der Waals surface area contributed by atoms with E-state index in [1.54, 1.807) is 24.8 Å². The first-order valence-corrected chi connectivity index (χ1v) is 9.41. The summed E-state index contributed by atoms with van der Waals surface area (Å²) in [6, 6.07) is 11.5. The molecule has 2 aromatic heterocycles. The SMILES string of the molecule is CCCSc1nnc(NC(=O)c2cc(-c3ccccc3)oc2C)s1. The number of aromatic nitrogens is 2. The van der Waals surface area contributed by atoms with Gasteiger partial charge < -0.3 is 4.42 Å². The fourth-order valence-electron chi connectivity index (χ4n) is 2.12. The molecule has 0 aliphatic carbocycles. The van der Waals surface area contributed by atoms with Gasteiger partial charge >= 0.3 is 0 Å². The summed E-state index contributed by atoms with van der Waals surface area (Å²) in [4.78, 5) is 12.5. The van der Waals surface area contributed by atoms with Crippen LogP contribution in [0.2, 0.25) is 0 Å². The Labute approximate surface area is 148 Å². The second kappa shape index (κ2) is 7.63. The Morgan fingerprint density at radius 1 is 1.29 bits per heavy atom. The number of carbonyl (C=O) groups excluding carboxylic acids is 1. The van der Waals surface area contributed by atoms with Crippen LogP contribution in [-0.4, -0.2) is 21.9 Å². The van der Waals surface area contributed by atoms with E-state index in [0.717, 1.165) is 22.1 Å². The molecule has 0 saturated heterocycles. The number of aryl methyl sites for hydroxylation is 1. The van der Waals surface area contributed by atoms with Gasteiger partial charge in [0.2, 0.25) is 5.13 Å². The number of benzene rings is 1. The zero-order valence-corrected chi connectivity index (χ0v) is 15.0. The molecule has 3 aromatic rings. The van der Waals surface area contributed by atoms with Crippen molar-refractivity contribution in [1.82, 2.24) is 10.2 Å². The van der Waals surface area contributed by atoms with Crippen LogP contribution in [0, 0.1) is 6.92 Å². The summed E-state index contributed by atoms with van der Waals surface area (Å²) < 4.78 is 6.58. The van der Waals surface area contributed by atoms with Gasteiger partial charge in [0, 0.05) is 11.3 Å². The second-order valence-corrected chi connectivity index (χ2v) is 7.44. The van der Waals surface area contributed by atoms with Crippen LogP contribution in [0.3, 0.4) is 0 Å². The summed E-state index contributed by atoms with van der Waals surface area (Å²) in [5.41, 5.74) is 1.45. The number of thioether (sulfide) groups is 1. The monoisotopic (exact) mass is 359 g/mol. The van der Waals surface area contributed by atoms with E-state index in [1.165, 1.54) is 11.3 Å². The van der Waals surface area contributed by atoms with Gasteiger partial charge in [0.15, 0.2) is 4.34 Å². The van der Waals surface area contributed by atoms with Gasteiger partial charge in [-0.25, -0.2) is 0 Å². The molecule has 5 nitrogen and oxygen atoms in total. The molecule has 1 aromatic carbocycles. The maximum atomic E-state index is 12.5. The van der Waals surface area contributed by atoms with Crippen molar-refractivity contribution in [3.63, 3.8) is 0 Å². The number of hydrogen-bond acceptors (Lipinski definition) is 6. The van der Waals surface area contributed by atoms with Crippen LogP contribution in [-0.2, 0) is 0 Å². The molecule has 24 heavy (non-hydrogen) atoms. The lowest BCUT2D eigenvalue weighted by Gasteiger charge is -1.98. The molecule has 0 bridgehead atoms. The van der Waals surface area contributed by atoms with Gasteiger partial charge in [-0.15, -0.1) is 10.2 Å². The molecular weight excluding hydrogens is 342 g/mol. The Morgan fingerprint density at radius 3 is 2.83 bits per heavy atom. The van der Waals surface area contributed by atoms with Crippen LogP contribution < -0.4 is 5.32 Å². The van der Waals surface area contributed by atoms with E-state index in [0.29, 0.717) is 22.2 Å². The molecule has 3 rings (SSSR count). The highest BCUT2D eigenvalue weighted by Gasteiger charge is 2.17. The average molecular weight is 359 g/mol. The standard InChI is InChI=1S/C17H17N3O2S2/c1-3-9-23-17-20-19-16(24-17)18-15(21)13-10-14(22-11(13)2)12-7-5-4-6-8-12/h4-8,10H,3,9H2,1-2H3,(H,18,19,21). The van der Waals surface area contributed by atoms with Crippen LogP contribution in [0.1, 0.15) is 29.5 Å². The van der Waals surface area contributed by atoms with E-state index in [9.17, 15) is 4.79 Å². The van der Waals surface area contributed by atoms with E-state index in [4.69, 9.17) is 4.42 Å². The molecule has 0 atom stereocenters. The van der Waals surface area contributed by atoms with Gasteiger partial charge in [-0.1, -0.05) is 60.4 Å². The third kappa shape index (κ3) is 3.85. The van der Waals surface area contributed by atoms with Crippen molar-refractivity contribution in [3.05, 3.63) is 47.7 Å². The van der Waals surface area contributed by atoms with Gasteiger partial charge in [-0.05, 0) is 19.4 Å². The van der Waals surface area contributed by atoms with Gasteiger partial charge in [0.25, 0.3) is 5.91 Å². The van der Waals surface area contributed by atoms with E-state index < -0.39 is 0 Å². The number of nitrogens with one attached hydrogen (secondary N) is 1. The van der Waals surface area contributed by atoms with Crippen LogP contribution in [0.25, 0.3) is 11.3 Å². The fourth-order valence-corrected chi connectivity index (χ4v) is 3.80. The van der Waals surface area contributed by atoms with Gasteiger partial charge in [0.1, 0.15) is 11.5 Å². The van der Waals surface area contributed by atoms with E-state index in [1.807, 2.05) is 30.3 Å². The van der Waals surface area contributed by atoms with Crippen LogP contribution in [0.4, 0.5) is 5.13 Å². The van der Waals surface area contributed by atoms with Crippen molar-refractivity contribution in [3.8, 4) is 11.3 Å². The Morgan fingerprint density at radius 2 is 2.08 bits per heavy atom. The van der Waals surface area contributed by atoms with Gasteiger partial charge in [0.05, 0.1) is 5.56 Å². The second-order valence-electron chi connectivity index (χ2n) is 5.12. The lowest BCUT2D eigenvalue weighted by atomic mass is 10.1. The average Bonchev–Trinajstić information content (AvgIpc) is 3.20. The number of nitrogens with zero attached hydrogens (tertiary/aromatic N) is 2. The Hall–Kier alpha value is -2.12. The zero-order valence-electron chi connectivity index (χ0n) is 13.4. The molecule has 7 heteroatoms. The topological polar surface area (TPSA) is 68.0 Å². The molecule has 1 N–H and O–H groups in total. The fraction of sp³-hybridized carbons (Fsp3) is 0.235. The quantitative estimate of drug-likeness (QED) is 0.503. The highest BCUT2D eigenvalue weighted by Crippen LogP contribution is 2.28. The molecule has 0 unspecified atom stereocenters. The molecule has 2 heterocycles. The summed E-state index contributed by atoms with van der Waals surface area (Å²) in [5, 5.41) is 11.4. The smallest absolute Gasteiger partial charge is 0.261 e. The normalized spacial score (nSPS) is 10.8. The molecule has 0 spiro atoms. The summed E-state index contributed by atoms with van der Waals surface area (Å²) in [5.74, 6) is 2.01. The lowest BCUT2D eigenvalue weighted by Crippen LogP contribution is -2.11. The van der Waals surface area contributed by atoms with Crippen molar-refractivity contribution < 1.29 is 9.21 Å². The number of furan rings is 1. The molecule has 0 aliphatic heterocycles. The number of rotatable bonds is 6. The molecule has 1 amide bonds. The summed E-state index contributed by atoms with van der Waals surface area (Å²) in [7, 11) is 0. The first kappa shape index (κ1) is 16.7. The van der Waals surface area contributed by atoms with E-state index in [-0.39, 0.29) is 5.91 Å². The van der Waals surface area contributed by atoms with Crippen molar-refractivity contribution in [2.24, 2.45) is 0 Å². The van der Waals surface area contributed by atoms with Crippen LogP contribution >= 0.6 is 23.1 Å². The molecule has 0 saturated carbocycles. The minimum Gasteiger partial charge on any atom is -0.461 e. The molecule has 0 fully saturated rings. The predicted molar refractivity (Wildman–Crippen MR) is 97.8 cm³/mol. The molecule has 0 aliphatic rings. The number of hydrogen-bond donors (Lipinski definition) is 1. The minimum absolute atomic E-state index is 0.235. The number of carbonyl (C=O) groups is 1. The van der Waals surface area contributed by atoms with Crippen molar-refractivity contribution in [1.29, 1.82) is 0 Å². The van der Waals surface area contributed by atoms with Crippen LogP contribution in [0.5, 0.6) is 0 Å². The molecular formula is C17H17N3O2S2. The molecule has 0 radical (unpaired) electrons. The zero-order chi connectivity index (χ0) is 16.9. The first-order valence-electron chi connectivity index (χ1n) is 7.61. The first-order chi connectivity index (χ1) is 11.7. The Balaban J connectivity index is 1.73. The summed E-state index contributed by atoms with van der Waals surface area (Å²) in [6.07, 6.45) is 1.07. The van der Waals surface area contributed by atoms with Crippen molar-refractivity contribution >= 4 is 34.1 Å². The maximum absolute atomic E-state index is 12.5. The van der Waals surface area contributed by atoms with Crippen molar-refractivity contribution in [2.75, 3.05) is 11.1 Å². The van der Waals surface area contributed by atoms with Crippen LogP contribution in [0.15, 0.2) is 45.2 Å². The third-order valence-electron chi connectivity index (χ3n) is 3.28. The van der Waals surface area contributed by atoms with E-state index >= 15 is 0 Å². The van der Waals surface area contributed by atoms with E-state index in [2.05, 4.69) is 22.4 Å².